The first kappa shape index (κ1) is 18.0. The molecule has 2 unspecified atom stereocenters. The molecule has 0 fully saturated rings. The normalized spacial score (nSPS) is 18.6. The van der Waals surface area contributed by atoms with Gasteiger partial charge in [-0.1, -0.05) is 12.1 Å². The molecule has 1 aliphatic rings. The molecule has 2 aromatic heterocycles. The number of pyridine rings is 2. The van der Waals surface area contributed by atoms with Gasteiger partial charge in [0.2, 0.25) is 0 Å². The van der Waals surface area contributed by atoms with Gasteiger partial charge in [0, 0.05) is 30.0 Å². The maximum Gasteiger partial charge on any atom is 0.0598 e. The van der Waals surface area contributed by atoms with Crippen molar-refractivity contribution < 1.29 is 0 Å². The molecule has 3 rings (SSSR count). The quantitative estimate of drug-likeness (QED) is 0.758. The van der Waals surface area contributed by atoms with Crippen molar-refractivity contribution in [1.29, 1.82) is 0 Å². The molecule has 2 heterocycles. The number of aryl methyl sites for hydroxylation is 1. The second-order valence-electron chi connectivity index (χ2n) is 7.62. The lowest BCUT2D eigenvalue weighted by Crippen LogP contribution is -2.39. The number of nitrogens with two attached hydrogens (primary N) is 1. The Morgan fingerprint density at radius 2 is 2.04 bits per heavy atom. The predicted molar refractivity (Wildman–Crippen MR) is 102 cm³/mol. The van der Waals surface area contributed by atoms with Gasteiger partial charge in [-0.2, -0.15) is 0 Å². The summed E-state index contributed by atoms with van der Waals surface area (Å²) >= 11 is 0. The molecule has 2 aromatic rings. The van der Waals surface area contributed by atoms with Gasteiger partial charge in [-0.25, -0.2) is 0 Å². The number of fused-ring (bicyclic) bond motifs is 1. The van der Waals surface area contributed by atoms with E-state index in [1.165, 1.54) is 17.7 Å². The van der Waals surface area contributed by atoms with Crippen molar-refractivity contribution in [1.82, 2.24) is 15.3 Å². The third kappa shape index (κ3) is 4.44. The SMILES string of the molecule is CC(C)(NCCCC(N)C1CCCc2cccnc21)c1ccccn1. The molecule has 0 aliphatic heterocycles. The van der Waals surface area contributed by atoms with Crippen LogP contribution in [0, 0.1) is 0 Å². The Kier molecular flexibility index (Phi) is 5.82. The minimum Gasteiger partial charge on any atom is -0.327 e. The molecule has 0 saturated carbocycles. The maximum absolute atomic E-state index is 6.54. The second kappa shape index (κ2) is 8.07. The summed E-state index contributed by atoms with van der Waals surface area (Å²) in [6.45, 7) is 5.30. The van der Waals surface area contributed by atoms with Crippen LogP contribution < -0.4 is 11.1 Å². The predicted octanol–water partition coefficient (Wildman–Crippen LogP) is 3.53. The lowest BCUT2D eigenvalue weighted by Gasteiger charge is -2.30. The zero-order chi connectivity index (χ0) is 17.7. The van der Waals surface area contributed by atoms with Gasteiger partial charge in [-0.05, 0) is 76.3 Å². The molecule has 0 amide bonds. The van der Waals surface area contributed by atoms with Crippen molar-refractivity contribution >= 4 is 0 Å². The highest BCUT2D eigenvalue weighted by atomic mass is 15.0. The van der Waals surface area contributed by atoms with E-state index in [1.807, 2.05) is 30.6 Å². The van der Waals surface area contributed by atoms with Crippen molar-refractivity contribution in [3.8, 4) is 0 Å². The molecule has 2 atom stereocenters. The molecule has 25 heavy (non-hydrogen) atoms. The van der Waals surface area contributed by atoms with Crippen molar-refractivity contribution in [2.24, 2.45) is 5.73 Å². The number of hydrogen-bond donors (Lipinski definition) is 2. The third-order valence-corrected chi connectivity index (χ3v) is 5.34. The van der Waals surface area contributed by atoms with E-state index in [9.17, 15) is 0 Å². The fraction of sp³-hybridized carbons (Fsp3) is 0.524. The van der Waals surface area contributed by atoms with E-state index in [1.54, 1.807) is 0 Å². The average molecular weight is 338 g/mol. The monoisotopic (exact) mass is 338 g/mol. The molecule has 0 aromatic carbocycles. The fourth-order valence-corrected chi connectivity index (χ4v) is 3.82. The van der Waals surface area contributed by atoms with E-state index >= 15 is 0 Å². The number of aromatic nitrogens is 2. The highest BCUT2D eigenvalue weighted by Gasteiger charge is 2.27. The van der Waals surface area contributed by atoms with Gasteiger partial charge in [-0.15, -0.1) is 0 Å². The van der Waals surface area contributed by atoms with E-state index in [-0.39, 0.29) is 11.6 Å². The van der Waals surface area contributed by atoms with E-state index in [2.05, 4.69) is 41.3 Å². The summed E-state index contributed by atoms with van der Waals surface area (Å²) in [5.41, 5.74) is 10.1. The van der Waals surface area contributed by atoms with Crippen LogP contribution in [-0.2, 0) is 12.0 Å². The van der Waals surface area contributed by atoms with Crippen molar-refractivity contribution in [2.75, 3.05) is 6.54 Å². The summed E-state index contributed by atoms with van der Waals surface area (Å²) in [7, 11) is 0. The Labute approximate surface area is 151 Å². The van der Waals surface area contributed by atoms with Crippen LogP contribution in [0.3, 0.4) is 0 Å². The van der Waals surface area contributed by atoms with Crippen molar-refractivity contribution in [2.45, 2.75) is 63.5 Å². The summed E-state index contributed by atoms with van der Waals surface area (Å²) in [5.74, 6) is 0.411. The van der Waals surface area contributed by atoms with Crippen molar-refractivity contribution in [3.63, 3.8) is 0 Å². The lowest BCUT2D eigenvalue weighted by molar-refractivity contribution is 0.368. The van der Waals surface area contributed by atoms with Crippen LogP contribution in [0.1, 0.15) is 62.4 Å². The van der Waals surface area contributed by atoms with Gasteiger partial charge < -0.3 is 11.1 Å². The first-order valence-corrected chi connectivity index (χ1v) is 9.44. The fourth-order valence-electron chi connectivity index (χ4n) is 3.82. The first-order chi connectivity index (χ1) is 12.1. The van der Waals surface area contributed by atoms with Crippen LogP contribution in [0.2, 0.25) is 0 Å². The Morgan fingerprint density at radius 1 is 1.20 bits per heavy atom. The number of hydrogen-bond acceptors (Lipinski definition) is 4. The molecule has 0 radical (unpaired) electrons. The van der Waals surface area contributed by atoms with Gasteiger partial charge in [0.1, 0.15) is 0 Å². The zero-order valence-electron chi connectivity index (χ0n) is 15.4. The summed E-state index contributed by atoms with van der Waals surface area (Å²) in [6.07, 6.45) is 9.37. The minimum atomic E-state index is -0.121. The first-order valence-electron chi connectivity index (χ1n) is 9.44. The van der Waals surface area contributed by atoms with Crippen LogP contribution in [0.5, 0.6) is 0 Å². The molecule has 0 spiro atoms. The molecular weight excluding hydrogens is 308 g/mol. The standard InChI is InChI=1S/C21H30N4/c1-21(2,19-12-3-4-13-23-19)25-15-7-11-18(22)17-10-5-8-16-9-6-14-24-20(16)17/h3-4,6,9,12-14,17-18,25H,5,7-8,10-11,15,22H2,1-2H3. The van der Waals surface area contributed by atoms with Crippen LogP contribution >= 0.6 is 0 Å². The van der Waals surface area contributed by atoms with Gasteiger partial charge >= 0.3 is 0 Å². The second-order valence-corrected chi connectivity index (χ2v) is 7.62. The topological polar surface area (TPSA) is 63.8 Å². The highest BCUT2D eigenvalue weighted by molar-refractivity contribution is 5.27. The largest absolute Gasteiger partial charge is 0.327 e. The van der Waals surface area contributed by atoms with Gasteiger partial charge in [0.15, 0.2) is 0 Å². The van der Waals surface area contributed by atoms with E-state index < -0.39 is 0 Å². The Hall–Kier alpha value is -1.78. The Morgan fingerprint density at radius 3 is 2.84 bits per heavy atom. The third-order valence-electron chi connectivity index (χ3n) is 5.34. The molecule has 134 valence electrons. The zero-order valence-corrected chi connectivity index (χ0v) is 15.4. The minimum absolute atomic E-state index is 0.121. The van der Waals surface area contributed by atoms with Gasteiger partial charge in [-0.3, -0.25) is 9.97 Å². The molecular formula is C21H30N4. The smallest absolute Gasteiger partial charge is 0.0598 e. The van der Waals surface area contributed by atoms with Crippen LogP contribution in [0.15, 0.2) is 42.7 Å². The Bertz CT molecular complexity index is 669. The summed E-state index contributed by atoms with van der Waals surface area (Å²) in [4.78, 5) is 9.09. The van der Waals surface area contributed by atoms with Gasteiger partial charge in [0.25, 0.3) is 0 Å². The van der Waals surface area contributed by atoms with Crippen molar-refractivity contribution in [3.05, 3.63) is 59.7 Å². The lowest BCUT2D eigenvalue weighted by atomic mass is 9.81. The number of nitrogens with one attached hydrogen (secondary N) is 1. The van der Waals surface area contributed by atoms with E-state index in [0.717, 1.165) is 37.9 Å². The van der Waals surface area contributed by atoms with Crippen LogP contribution in [0.4, 0.5) is 0 Å². The highest BCUT2D eigenvalue weighted by Crippen LogP contribution is 2.32. The summed E-state index contributed by atoms with van der Waals surface area (Å²) < 4.78 is 0. The van der Waals surface area contributed by atoms with Crippen LogP contribution in [0.25, 0.3) is 0 Å². The van der Waals surface area contributed by atoms with Crippen LogP contribution in [-0.4, -0.2) is 22.6 Å². The molecule has 3 N–H and O–H groups in total. The average Bonchev–Trinajstić information content (AvgIpc) is 2.65. The van der Waals surface area contributed by atoms with Gasteiger partial charge in [0.05, 0.1) is 11.2 Å². The Balaban J connectivity index is 1.50. The molecule has 0 saturated heterocycles. The number of nitrogens with zero attached hydrogens (tertiary/aromatic N) is 2. The van der Waals surface area contributed by atoms with E-state index in [4.69, 9.17) is 5.73 Å². The number of rotatable bonds is 7. The molecule has 0 bridgehead atoms. The molecule has 1 aliphatic carbocycles. The maximum atomic E-state index is 6.54. The van der Waals surface area contributed by atoms with E-state index in [0.29, 0.717) is 5.92 Å². The molecule has 4 heteroatoms. The summed E-state index contributed by atoms with van der Waals surface area (Å²) in [6, 6.07) is 10.5. The molecule has 4 nitrogen and oxygen atoms in total. The summed E-state index contributed by atoms with van der Waals surface area (Å²) in [5, 5.41) is 3.62.